The minimum absolute atomic E-state index is 0.210. The number of nitrogen functional groups attached to an aromatic ring is 1. The molecule has 0 bridgehead atoms. The monoisotopic (exact) mass is 354 g/mol. The molecule has 6 nitrogen and oxygen atoms in total. The topological polar surface area (TPSA) is 75.7 Å². The first kappa shape index (κ1) is 17.7. The molecule has 0 amide bonds. The number of nitrogens with two attached hydrogens (primary N) is 1. The van der Waals surface area contributed by atoms with E-state index >= 15 is 0 Å². The first-order valence-electron chi connectivity index (χ1n) is 8.12. The van der Waals surface area contributed by atoms with Crippen LogP contribution in [0.5, 0.6) is 17.2 Å². The Balaban J connectivity index is 2.20. The van der Waals surface area contributed by atoms with E-state index in [0.717, 1.165) is 16.5 Å². The van der Waals surface area contributed by atoms with Gasteiger partial charge >= 0.3 is 0 Å². The van der Waals surface area contributed by atoms with Gasteiger partial charge in [-0.05, 0) is 31.2 Å². The van der Waals surface area contributed by atoms with Crippen LogP contribution in [-0.4, -0.2) is 31.7 Å². The predicted molar refractivity (Wildman–Crippen MR) is 102 cm³/mol. The molecule has 0 unspecified atom stereocenters. The van der Waals surface area contributed by atoms with Crippen molar-refractivity contribution < 1.29 is 19.0 Å². The molecule has 0 aliphatic carbocycles. The SMILES string of the molecule is COc1cc(C(=O)c2c(N)c3cc(C)ccc3n2C)cc(OC)c1OC. The van der Waals surface area contributed by atoms with E-state index in [1.54, 1.807) is 12.1 Å². The lowest BCUT2D eigenvalue weighted by Gasteiger charge is -2.14. The normalized spacial score (nSPS) is 10.8. The van der Waals surface area contributed by atoms with Crippen LogP contribution in [0.2, 0.25) is 0 Å². The summed E-state index contributed by atoms with van der Waals surface area (Å²) in [4.78, 5) is 13.2. The van der Waals surface area contributed by atoms with Crippen LogP contribution in [0.25, 0.3) is 10.9 Å². The fourth-order valence-electron chi connectivity index (χ4n) is 3.21. The zero-order valence-electron chi connectivity index (χ0n) is 15.5. The van der Waals surface area contributed by atoms with Crippen molar-refractivity contribution in [3.63, 3.8) is 0 Å². The van der Waals surface area contributed by atoms with E-state index in [1.807, 2.05) is 36.7 Å². The Bertz CT molecular complexity index is 980. The van der Waals surface area contributed by atoms with Crippen LogP contribution in [0.1, 0.15) is 21.6 Å². The third kappa shape index (κ3) is 2.63. The molecule has 0 saturated carbocycles. The summed E-state index contributed by atoms with van der Waals surface area (Å²) in [6.07, 6.45) is 0. The summed E-state index contributed by atoms with van der Waals surface area (Å²) in [5.74, 6) is 1.07. The second kappa shape index (κ2) is 6.63. The van der Waals surface area contributed by atoms with Crippen LogP contribution >= 0.6 is 0 Å². The maximum atomic E-state index is 13.2. The number of benzene rings is 2. The summed E-state index contributed by atoms with van der Waals surface area (Å²) in [6.45, 7) is 1.99. The zero-order valence-corrected chi connectivity index (χ0v) is 15.5. The Labute approximate surface area is 152 Å². The van der Waals surface area contributed by atoms with Crippen LogP contribution < -0.4 is 19.9 Å². The maximum absolute atomic E-state index is 13.2. The lowest BCUT2D eigenvalue weighted by atomic mass is 10.0. The Morgan fingerprint density at radius 1 is 1.00 bits per heavy atom. The number of aromatic nitrogens is 1. The smallest absolute Gasteiger partial charge is 0.211 e. The average molecular weight is 354 g/mol. The summed E-state index contributed by atoms with van der Waals surface area (Å²) in [5, 5.41) is 0.864. The van der Waals surface area contributed by atoms with Gasteiger partial charge in [-0.2, -0.15) is 0 Å². The summed E-state index contributed by atoms with van der Waals surface area (Å²) in [5.41, 5.74) is 9.61. The Kier molecular flexibility index (Phi) is 4.50. The van der Waals surface area contributed by atoms with E-state index in [1.165, 1.54) is 21.3 Å². The lowest BCUT2D eigenvalue weighted by Crippen LogP contribution is -2.10. The minimum atomic E-state index is -0.210. The number of ether oxygens (including phenoxy) is 3. The highest BCUT2D eigenvalue weighted by Crippen LogP contribution is 2.39. The number of methoxy groups -OCH3 is 3. The van der Waals surface area contributed by atoms with Crippen molar-refractivity contribution >= 4 is 22.4 Å². The quantitative estimate of drug-likeness (QED) is 0.711. The number of ketones is 1. The zero-order chi connectivity index (χ0) is 19.0. The van der Waals surface area contributed by atoms with Crippen LogP contribution in [0.15, 0.2) is 30.3 Å². The average Bonchev–Trinajstić information content (AvgIpc) is 2.89. The number of rotatable bonds is 5. The number of nitrogens with zero attached hydrogens (tertiary/aromatic N) is 1. The summed E-state index contributed by atoms with van der Waals surface area (Å²) in [7, 11) is 6.38. The van der Waals surface area contributed by atoms with Crippen molar-refractivity contribution in [1.29, 1.82) is 0 Å². The summed E-state index contributed by atoms with van der Waals surface area (Å²) < 4.78 is 17.8. The molecular formula is C20H22N2O4. The molecule has 3 rings (SSSR count). The fraction of sp³-hybridized carbons (Fsp3) is 0.250. The maximum Gasteiger partial charge on any atom is 0.211 e. The van der Waals surface area contributed by atoms with Crippen molar-refractivity contribution in [3.8, 4) is 17.2 Å². The summed E-state index contributed by atoms with van der Waals surface area (Å²) in [6, 6.07) is 9.21. The summed E-state index contributed by atoms with van der Waals surface area (Å²) >= 11 is 0. The van der Waals surface area contributed by atoms with Crippen LogP contribution in [0, 0.1) is 6.92 Å². The Morgan fingerprint density at radius 2 is 1.62 bits per heavy atom. The highest BCUT2D eigenvalue weighted by molar-refractivity contribution is 6.16. The molecular weight excluding hydrogens is 332 g/mol. The third-order valence-corrected chi connectivity index (χ3v) is 4.54. The van der Waals surface area contributed by atoms with Gasteiger partial charge in [-0.25, -0.2) is 0 Å². The molecule has 0 fully saturated rings. The highest BCUT2D eigenvalue weighted by Gasteiger charge is 2.23. The van der Waals surface area contributed by atoms with E-state index in [2.05, 4.69) is 0 Å². The van der Waals surface area contributed by atoms with E-state index in [0.29, 0.717) is 34.2 Å². The number of carbonyl (C=O) groups excluding carboxylic acids is 1. The molecule has 2 N–H and O–H groups in total. The first-order valence-corrected chi connectivity index (χ1v) is 8.12. The second-order valence-corrected chi connectivity index (χ2v) is 6.09. The van der Waals surface area contributed by atoms with Gasteiger partial charge in [0.1, 0.15) is 5.69 Å². The third-order valence-electron chi connectivity index (χ3n) is 4.54. The minimum Gasteiger partial charge on any atom is -0.493 e. The van der Waals surface area contributed by atoms with Crippen LogP contribution in [-0.2, 0) is 7.05 Å². The Hall–Kier alpha value is -3.15. The van der Waals surface area contributed by atoms with Gasteiger partial charge in [0.2, 0.25) is 11.5 Å². The fourth-order valence-corrected chi connectivity index (χ4v) is 3.21. The van der Waals surface area contributed by atoms with E-state index in [-0.39, 0.29) is 5.78 Å². The first-order chi connectivity index (χ1) is 12.4. The standard InChI is InChI=1S/C20H22N2O4/c1-11-6-7-14-13(8-11)17(21)18(22(14)2)19(23)12-9-15(24-3)20(26-5)16(10-12)25-4/h6-10H,21H2,1-5H3. The molecule has 0 saturated heterocycles. The molecule has 1 aromatic heterocycles. The van der Waals surface area contributed by atoms with Crippen molar-refractivity contribution in [2.75, 3.05) is 27.1 Å². The number of hydrogen-bond acceptors (Lipinski definition) is 5. The molecule has 0 aliphatic rings. The molecule has 136 valence electrons. The van der Waals surface area contributed by atoms with E-state index in [9.17, 15) is 4.79 Å². The second-order valence-electron chi connectivity index (χ2n) is 6.09. The molecule has 2 aromatic carbocycles. The highest BCUT2D eigenvalue weighted by atomic mass is 16.5. The molecule has 26 heavy (non-hydrogen) atoms. The number of aryl methyl sites for hydroxylation is 2. The molecule has 0 spiro atoms. The molecule has 1 heterocycles. The predicted octanol–water partition coefficient (Wildman–Crippen LogP) is 3.33. The van der Waals surface area contributed by atoms with Crippen molar-refractivity contribution in [2.45, 2.75) is 6.92 Å². The van der Waals surface area contributed by atoms with Gasteiger partial charge in [-0.1, -0.05) is 11.6 Å². The molecule has 6 heteroatoms. The van der Waals surface area contributed by atoms with Gasteiger partial charge in [0.25, 0.3) is 0 Å². The largest absolute Gasteiger partial charge is 0.493 e. The van der Waals surface area contributed by atoms with Crippen LogP contribution in [0.3, 0.4) is 0 Å². The van der Waals surface area contributed by atoms with Crippen LogP contribution in [0.4, 0.5) is 5.69 Å². The molecule has 0 atom stereocenters. The van der Waals surface area contributed by atoms with Gasteiger partial charge in [-0.15, -0.1) is 0 Å². The lowest BCUT2D eigenvalue weighted by molar-refractivity contribution is 0.103. The Morgan fingerprint density at radius 3 is 2.15 bits per heavy atom. The number of carbonyl (C=O) groups is 1. The van der Waals surface area contributed by atoms with E-state index < -0.39 is 0 Å². The van der Waals surface area contributed by atoms with Gasteiger partial charge in [0.05, 0.1) is 32.5 Å². The van der Waals surface area contributed by atoms with Gasteiger partial charge in [0, 0.05) is 18.0 Å². The van der Waals surface area contributed by atoms with E-state index in [4.69, 9.17) is 19.9 Å². The van der Waals surface area contributed by atoms with Gasteiger partial charge in [-0.3, -0.25) is 4.79 Å². The van der Waals surface area contributed by atoms with Crippen molar-refractivity contribution in [3.05, 3.63) is 47.2 Å². The van der Waals surface area contributed by atoms with Gasteiger partial charge in [0.15, 0.2) is 11.5 Å². The molecule has 0 radical (unpaired) electrons. The molecule has 0 aliphatic heterocycles. The number of anilines is 1. The molecule has 3 aromatic rings. The van der Waals surface area contributed by atoms with Crippen molar-refractivity contribution in [2.24, 2.45) is 7.05 Å². The van der Waals surface area contributed by atoms with Gasteiger partial charge < -0.3 is 24.5 Å². The number of hydrogen-bond donors (Lipinski definition) is 1. The van der Waals surface area contributed by atoms with Crippen molar-refractivity contribution in [1.82, 2.24) is 4.57 Å². The number of fused-ring (bicyclic) bond motifs is 1.